The van der Waals surface area contributed by atoms with Crippen LogP contribution in [0, 0.1) is 29.6 Å². The van der Waals surface area contributed by atoms with Crippen molar-refractivity contribution in [2.24, 2.45) is 29.6 Å². The van der Waals surface area contributed by atoms with Crippen LogP contribution in [0.1, 0.15) is 60.0 Å². The fraction of sp³-hybridized carbons (Fsp3) is 0.475. The molecule has 0 aromatic heterocycles. The number of fused-ring (bicyclic) bond motifs is 5. The number of nitrogens with zero attached hydrogens (tertiary/aromatic N) is 2. The fourth-order valence-electron chi connectivity index (χ4n) is 9.43. The average molecular weight is 712 g/mol. The Bertz CT molecular complexity index is 1870. The van der Waals surface area contributed by atoms with Crippen LogP contribution in [-0.2, 0) is 21.3 Å². The molecule has 0 spiro atoms. The second kappa shape index (κ2) is 14.6. The molecule has 4 N–H and O–H groups in total. The number of amides is 1. The fourth-order valence-corrected chi connectivity index (χ4v) is 10.4. The van der Waals surface area contributed by atoms with Crippen LogP contribution in [0.25, 0.3) is 5.57 Å². The molecule has 3 aliphatic carbocycles. The van der Waals surface area contributed by atoms with E-state index in [1.54, 1.807) is 23.8 Å². The molecule has 5 aliphatic rings. The summed E-state index contributed by atoms with van der Waals surface area (Å²) in [6.45, 7) is 6.72. The number of hydrogen-bond acceptors (Lipinski definition) is 9. The van der Waals surface area contributed by atoms with Crippen molar-refractivity contribution in [3.63, 3.8) is 0 Å². The molecule has 4 fully saturated rings. The van der Waals surface area contributed by atoms with Crippen LogP contribution in [0.5, 0.6) is 0 Å². The number of carbonyl (C=O) groups is 1. The van der Waals surface area contributed by atoms with Crippen LogP contribution in [-0.4, -0.2) is 70.4 Å². The molecule has 0 radical (unpaired) electrons. The lowest BCUT2D eigenvalue weighted by atomic mass is 9.78. The largest absolute Gasteiger partial charge is 0.383 e. The summed E-state index contributed by atoms with van der Waals surface area (Å²) >= 11 is 0. The average Bonchev–Trinajstić information content (AvgIpc) is 3.90. The first-order chi connectivity index (χ1) is 24.9. The van der Waals surface area contributed by atoms with Gasteiger partial charge in [0, 0.05) is 63.7 Å². The lowest BCUT2D eigenvalue weighted by Crippen LogP contribution is -2.46. The quantitative estimate of drug-likeness (QED) is 0.172. The van der Waals surface area contributed by atoms with Crippen LogP contribution in [0.2, 0.25) is 0 Å². The Labute approximate surface area is 301 Å². The van der Waals surface area contributed by atoms with Gasteiger partial charge in [-0.3, -0.25) is 20.4 Å². The number of ether oxygens (including phenoxy) is 1. The summed E-state index contributed by atoms with van der Waals surface area (Å²) in [5.41, 5.74) is 8.66. The molecule has 51 heavy (non-hydrogen) atoms. The van der Waals surface area contributed by atoms with Gasteiger partial charge in [-0.25, -0.2) is 13.1 Å². The third kappa shape index (κ3) is 7.13. The van der Waals surface area contributed by atoms with E-state index in [2.05, 4.69) is 55.7 Å². The summed E-state index contributed by atoms with van der Waals surface area (Å²) in [4.78, 5) is 17.8. The third-order valence-corrected chi connectivity index (χ3v) is 13.5. The maximum absolute atomic E-state index is 13.2. The van der Waals surface area contributed by atoms with Crippen molar-refractivity contribution >= 4 is 38.6 Å². The van der Waals surface area contributed by atoms with Gasteiger partial charge < -0.3 is 15.0 Å². The van der Waals surface area contributed by atoms with Gasteiger partial charge in [-0.2, -0.15) is 0 Å². The van der Waals surface area contributed by atoms with E-state index in [0.29, 0.717) is 18.2 Å². The number of hydrogen-bond donors (Lipinski definition) is 4. The van der Waals surface area contributed by atoms with Gasteiger partial charge in [0.05, 0.1) is 16.3 Å². The molecule has 270 valence electrons. The Morgan fingerprint density at radius 2 is 1.65 bits per heavy atom. The van der Waals surface area contributed by atoms with E-state index < -0.39 is 15.9 Å². The molecule has 2 heterocycles. The van der Waals surface area contributed by atoms with Crippen LogP contribution in [0.4, 0.5) is 17.1 Å². The first-order valence-electron chi connectivity index (χ1n) is 18.7. The van der Waals surface area contributed by atoms with E-state index in [1.807, 2.05) is 12.1 Å². The van der Waals surface area contributed by atoms with Crippen LogP contribution < -0.4 is 20.4 Å². The molecule has 3 aromatic carbocycles. The monoisotopic (exact) mass is 711 g/mol. The van der Waals surface area contributed by atoms with Gasteiger partial charge in [0.15, 0.2) is 0 Å². The zero-order valence-electron chi connectivity index (χ0n) is 29.1. The van der Waals surface area contributed by atoms with Crippen LogP contribution in [0.3, 0.4) is 0 Å². The summed E-state index contributed by atoms with van der Waals surface area (Å²) in [5, 5.41) is 13.0. The SMILES string of the molecule is O=C(NS(=O)(=O)c1ccc(NCC2CCOCC2)c(NO)c1)c1ccc(N2CCN(Cc3ccccc3C3=CC4CC3C3CCCC43)CC2)cc1. The Morgan fingerprint density at radius 1 is 0.882 bits per heavy atom. The summed E-state index contributed by atoms with van der Waals surface area (Å²) in [7, 11) is -4.18. The van der Waals surface area contributed by atoms with Gasteiger partial charge >= 0.3 is 0 Å². The van der Waals surface area contributed by atoms with Crippen molar-refractivity contribution in [3.8, 4) is 0 Å². The standard InChI is InChI=1S/C40H49N5O5S/c46-40(43-51(48,49)32-12-13-38(39(24-32)42-47)41-25-27-14-20-50-21-15-27)28-8-10-31(11-9-28)45-18-16-44(17-19-45)26-29-4-1-2-5-33(29)36-22-30-23-37(36)35-7-3-6-34(30)35/h1-2,4-5,8-13,22,24,27,30,34-35,37,41-42,47H,3,6-7,14-21,23,25-26H2,(H,43,46). The van der Waals surface area contributed by atoms with Gasteiger partial charge in [0.25, 0.3) is 15.9 Å². The van der Waals surface area contributed by atoms with Crippen molar-refractivity contribution in [1.29, 1.82) is 0 Å². The van der Waals surface area contributed by atoms with Gasteiger partial charge in [0.2, 0.25) is 0 Å². The number of sulfonamides is 1. The molecular formula is C40H49N5O5S. The molecule has 3 aromatic rings. The van der Waals surface area contributed by atoms with E-state index in [1.165, 1.54) is 48.9 Å². The zero-order valence-corrected chi connectivity index (χ0v) is 29.9. The lowest BCUT2D eigenvalue weighted by molar-refractivity contribution is 0.0699. The summed E-state index contributed by atoms with van der Waals surface area (Å²) in [5.74, 6) is 3.11. The Morgan fingerprint density at radius 3 is 2.43 bits per heavy atom. The van der Waals surface area contributed by atoms with E-state index in [9.17, 15) is 18.4 Å². The molecule has 2 saturated carbocycles. The molecule has 11 heteroatoms. The molecule has 4 unspecified atom stereocenters. The number of carbonyl (C=O) groups excluding carboxylic acids is 1. The summed E-state index contributed by atoms with van der Waals surface area (Å²) in [6, 6.07) is 20.5. The molecule has 10 nitrogen and oxygen atoms in total. The van der Waals surface area contributed by atoms with Crippen molar-refractivity contribution in [2.75, 3.05) is 61.6 Å². The van der Waals surface area contributed by atoms with Crippen molar-refractivity contribution in [2.45, 2.75) is 50.0 Å². The van der Waals surface area contributed by atoms with Crippen molar-refractivity contribution in [3.05, 3.63) is 89.5 Å². The highest BCUT2D eigenvalue weighted by Crippen LogP contribution is 2.60. The predicted octanol–water partition coefficient (Wildman–Crippen LogP) is 6.22. The topological polar surface area (TPSA) is 123 Å². The van der Waals surface area contributed by atoms with E-state index >= 15 is 0 Å². The van der Waals surface area contributed by atoms with Gasteiger partial charge in [-0.1, -0.05) is 36.8 Å². The normalized spacial score (nSPS) is 25.0. The molecule has 1 amide bonds. The number of nitrogens with one attached hydrogen (secondary N) is 3. The zero-order chi connectivity index (χ0) is 35.0. The van der Waals surface area contributed by atoms with Crippen LogP contribution >= 0.6 is 0 Å². The minimum absolute atomic E-state index is 0.129. The minimum Gasteiger partial charge on any atom is -0.383 e. The van der Waals surface area contributed by atoms with Crippen molar-refractivity contribution < 1.29 is 23.2 Å². The smallest absolute Gasteiger partial charge is 0.264 e. The van der Waals surface area contributed by atoms with Gasteiger partial charge in [-0.15, -0.1) is 0 Å². The second-order valence-corrected chi connectivity index (χ2v) is 16.7. The third-order valence-electron chi connectivity index (χ3n) is 12.2. The first kappa shape index (κ1) is 34.2. The van der Waals surface area contributed by atoms with E-state index in [-0.39, 0.29) is 16.1 Å². The molecule has 2 bridgehead atoms. The molecule has 2 saturated heterocycles. The maximum Gasteiger partial charge on any atom is 0.264 e. The predicted molar refractivity (Wildman–Crippen MR) is 199 cm³/mol. The first-order valence-corrected chi connectivity index (χ1v) is 20.1. The number of allylic oxidation sites excluding steroid dienone is 2. The molecular weight excluding hydrogens is 663 g/mol. The number of anilines is 3. The van der Waals surface area contributed by atoms with Gasteiger partial charge in [0.1, 0.15) is 0 Å². The second-order valence-electron chi connectivity index (χ2n) is 15.0. The highest BCUT2D eigenvalue weighted by atomic mass is 32.2. The lowest BCUT2D eigenvalue weighted by Gasteiger charge is -2.36. The van der Waals surface area contributed by atoms with E-state index in [0.717, 1.165) is 88.1 Å². The Balaban J connectivity index is 0.850. The number of piperazine rings is 1. The summed E-state index contributed by atoms with van der Waals surface area (Å²) < 4.78 is 33.9. The maximum atomic E-state index is 13.2. The van der Waals surface area contributed by atoms with Crippen LogP contribution in [0.15, 0.2) is 77.7 Å². The van der Waals surface area contributed by atoms with Gasteiger partial charge in [-0.05, 0) is 121 Å². The minimum atomic E-state index is -4.18. The highest BCUT2D eigenvalue weighted by Gasteiger charge is 2.50. The highest BCUT2D eigenvalue weighted by molar-refractivity contribution is 7.90. The molecule has 8 rings (SSSR count). The van der Waals surface area contributed by atoms with Crippen molar-refractivity contribution in [1.82, 2.24) is 9.62 Å². The molecule has 4 atom stereocenters. The molecule has 2 aliphatic heterocycles. The number of benzene rings is 3. The number of rotatable bonds is 11. The van der Waals surface area contributed by atoms with E-state index in [4.69, 9.17) is 4.74 Å². The Kier molecular flexibility index (Phi) is 9.80. The summed E-state index contributed by atoms with van der Waals surface area (Å²) in [6.07, 6.45) is 10.1. The Hall–Kier alpha value is -3.90.